The Morgan fingerprint density at radius 3 is 2.57 bits per heavy atom. The van der Waals surface area contributed by atoms with Crippen molar-refractivity contribution in [1.29, 1.82) is 0 Å². The summed E-state index contributed by atoms with van der Waals surface area (Å²) >= 11 is 11.9. The van der Waals surface area contributed by atoms with Crippen LogP contribution in [0.4, 0.5) is 10.1 Å². The van der Waals surface area contributed by atoms with Crippen LogP contribution in [0, 0.1) is 15.9 Å². The molecule has 2 aromatic rings. The van der Waals surface area contributed by atoms with Crippen molar-refractivity contribution in [2.75, 3.05) is 7.05 Å². The summed E-state index contributed by atoms with van der Waals surface area (Å²) in [5.41, 5.74) is -0.127. The van der Waals surface area contributed by atoms with E-state index in [2.05, 4.69) is 0 Å². The van der Waals surface area contributed by atoms with Crippen molar-refractivity contribution in [2.24, 2.45) is 0 Å². The lowest BCUT2D eigenvalue weighted by Crippen LogP contribution is -2.27. The average Bonchev–Trinajstić information content (AvgIpc) is 2.50. The summed E-state index contributed by atoms with van der Waals surface area (Å²) in [6.45, 7) is -0.0939. The molecule has 120 valence electrons. The molecule has 0 spiro atoms. The van der Waals surface area contributed by atoms with Gasteiger partial charge in [0.2, 0.25) is 0 Å². The van der Waals surface area contributed by atoms with Crippen LogP contribution in [0.3, 0.4) is 0 Å². The van der Waals surface area contributed by atoms with Gasteiger partial charge in [-0.2, -0.15) is 0 Å². The van der Waals surface area contributed by atoms with Gasteiger partial charge in [0, 0.05) is 36.3 Å². The summed E-state index contributed by atoms with van der Waals surface area (Å²) in [4.78, 5) is 23.8. The predicted molar refractivity (Wildman–Crippen MR) is 85.3 cm³/mol. The molecule has 0 aliphatic carbocycles. The van der Waals surface area contributed by atoms with Crippen LogP contribution in [0.1, 0.15) is 15.9 Å². The minimum Gasteiger partial charge on any atom is -0.337 e. The molecule has 0 unspecified atom stereocenters. The number of carbonyl (C=O) groups is 1. The molecule has 0 saturated carbocycles. The molecule has 0 N–H and O–H groups in total. The zero-order valence-electron chi connectivity index (χ0n) is 11.9. The number of hydrogen-bond acceptors (Lipinski definition) is 3. The molecule has 0 atom stereocenters. The molecule has 0 saturated heterocycles. The van der Waals surface area contributed by atoms with Gasteiger partial charge >= 0.3 is 0 Å². The Morgan fingerprint density at radius 1 is 1.26 bits per heavy atom. The molecule has 0 bridgehead atoms. The third-order valence-electron chi connectivity index (χ3n) is 3.19. The van der Waals surface area contributed by atoms with Gasteiger partial charge in [-0.15, -0.1) is 0 Å². The summed E-state index contributed by atoms with van der Waals surface area (Å²) in [6.07, 6.45) is 0. The van der Waals surface area contributed by atoms with Crippen LogP contribution >= 0.6 is 23.2 Å². The molecule has 8 heteroatoms. The highest BCUT2D eigenvalue weighted by molar-refractivity contribution is 6.34. The molecule has 5 nitrogen and oxygen atoms in total. The number of nitro benzene ring substituents is 1. The molecule has 1 amide bonds. The number of carbonyl (C=O) groups excluding carboxylic acids is 1. The fourth-order valence-corrected chi connectivity index (χ4v) is 2.41. The standard InChI is InChI=1S/C15H11Cl2FN2O3/c1-19(8-11-12(16)3-2-4-14(11)18)15(21)10-7-9(20(22)23)5-6-13(10)17/h2-7H,8H2,1H3. The SMILES string of the molecule is CN(Cc1c(F)cccc1Cl)C(=O)c1cc([N+](=O)[O-])ccc1Cl. The Bertz CT molecular complexity index is 763. The first-order chi connectivity index (χ1) is 10.8. The lowest BCUT2D eigenvalue weighted by Gasteiger charge is -2.19. The topological polar surface area (TPSA) is 63.5 Å². The number of benzene rings is 2. The minimum atomic E-state index is -0.624. The smallest absolute Gasteiger partial charge is 0.270 e. The highest BCUT2D eigenvalue weighted by Crippen LogP contribution is 2.25. The summed E-state index contributed by atoms with van der Waals surface area (Å²) in [6, 6.07) is 7.77. The number of halogens is 3. The second-order valence-electron chi connectivity index (χ2n) is 4.78. The van der Waals surface area contributed by atoms with Gasteiger partial charge in [0.1, 0.15) is 5.82 Å². The molecular weight excluding hydrogens is 346 g/mol. The van der Waals surface area contributed by atoms with E-state index in [4.69, 9.17) is 23.2 Å². The third-order valence-corrected chi connectivity index (χ3v) is 3.88. The Hall–Kier alpha value is -2.18. The maximum Gasteiger partial charge on any atom is 0.270 e. The Balaban J connectivity index is 2.30. The summed E-state index contributed by atoms with van der Waals surface area (Å²) in [5.74, 6) is -1.11. The molecule has 23 heavy (non-hydrogen) atoms. The maximum atomic E-state index is 13.8. The van der Waals surface area contributed by atoms with Gasteiger partial charge in [-0.05, 0) is 18.2 Å². The second-order valence-corrected chi connectivity index (χ2v) is 5.60. The van der Waals surface area contributed by atoms with Crippen LogP contribution in [0.5, 0.6) is 0 Å². The molecule has 0 aliphatic rings. The Labute approximate surface area is 141 Å². The summed E-state index contributed by atoms with van der Waals surface area (Å²) in [7, 11) is 1.43. The zero-order valence-corrected chi connectivity index (χ0v) is 13.4. The number of nitro groups is 1. The van der Waals surface area contributed by atoms with E-state index >= 15 is 0 Å². The van der Waals surface area contributed by atoms with E-state index in [1.807, 2.05) is 0 Å². The first-order valence-electron chi connectivity index (χ1n) is 6.43. The maximum absolute atomic E-state index is 13.8. The van der Waals surface area contributed by atoms with Gasteiger partial charge < -0.3 is 4.90 Å². The molecule has 0 aromatic heterocycles. The second kappa shape index (κ2) is 6.93. The predicted octanol–water partition coefficient (Wildman–Crippen LogP) is 4.31. The summed E-state index contributed by atoms with van der Waals surface area (Å²) < 4.78 is 13.8. The van der Waals surface area contributed by atoms with Crippen molar-refractivity contribution in [3.05, 3.63) is 73.5 Å². The van der Waals surface area contributed by atoms with Gasteiger partial charge in [0.25, 0.3) is 11.6 Å². The molecule has 2 rings (SSSR count). The fraction of sp³-hybridized carbons (Fsp3) is 0.133. The lowest BCUT2D eigenvalue weighted by molar-refractivity contribution is -0.384. The van der Waals surface area contributed by atoms with E-state index in [9.17, 15) is 19.3 Å². The molecular formula is C15H11Cl2FN2O3. The lowest BCUT2D eigenvalue weighted by atomic mass is 10.1. The highest BCUT2D eigenvalue weighted by atomic mass is 35.5. The van der Waals surface area contributed by atoms with Crippen molar-refractivity contribution in [2.45, 2.75) is 6.54 Å². The van der Waals surface area contributed by atoms with Crippen LogP contribution in [-0.4, -0.2) is 22.8 Å². The first kappa shape index (κ1) is 17.2. The van der Waals surface area contributed by atoms with E-state index in [0.717, 1.165) is 6.07 Å². The van der Waals surface area contributed by atoms with Gasteiger partial charge in [0.05, 0.1) is 15.5 Å². The van der Waals surface area contributed by atoms with Gasteiger partial charge in [-0.25, -0.2) is 4.39 Å². The zero-order chi connectivity index (χ0) is 17.1. The van der Waals surface area contributed by atoms with Crippen LogP contribution in [-0.2, 0) is 6.54 Å². The molecule has 0 radical (unpaired) electrons. The average molecular weight is 357 g/mol. The van der Waals surface area contributed by atoms with Crippen LogP contribution in [0.25, 0.3) is 0 Å². The van der Waals surface area contributed by atoms with Crippen molar-refractivity contribution >= 4 is 34.8 Å². The number of rotatable bonds is 4. The van der Waals surface area contributed by atoms with Crippen molar-refractivity contribution < 1.29 is 14.1 Å². The fourth-order valence-electron chi connectivity index (χ4n) is 1.99. The minimum absolute atomic E-state index is 0.0316. The van der Waals surface area contributed by atoms with Gasteiger partial charge in [-0.1, -0.05) is 29.3 Å². The Kier molecular flexibility index (Phi) is 5.18. The van der Waals surface area contributed by atoms with E-state index in [1.165, 1.54) is 42.3 Å². The normalized spacial score (nSPS) is 10.4. The largest absolute Gasteiger partial charge is 0.337 e. The number of amides is 1. The molecule has 0 heterocycles. The molecule has 0 aliphatic heterocycles. The van der Waals surface area contributed by atoms with Gasteiger partial charge in [0.15, 0.2) is 0 Å². The quantitative estimate of drug-likeness (QED) is 0.605. The van der Waals surface area contributed by atoms with Crippen molar-refractivity contribution in [1.82, 2.24) is 4.90 Å². The van der Waals surface area contributed by atoms with Crippen molar-refractivity contribution in [3.63, 3.8) is 0 Å². The van der Waals surface area contributed by atoms with E-state index in [0.29, 0.717) is 0 Å². The monoisotopic (exact) mass is 356 g/mol. The first-order valence-corrected chi connectivity index (χ1v) is 7.19. The highest BCUT2D eigenvalue weighted by Gasteiger charge is 2.20. The van der Waals surface area contributed by atoms with Crippen LogP contribution in [0.15, 0.2) is 36.4 Å². The van der Waals surface area contributed by atoms with Crippen molar-refractivity contribution in [3.8, 4) is 0 Å². The van der Waals surface area contributed by atoms with E-state index < -0.39 is 16.6 Å². The van der Waals surface area contributed by atoms with E-state index in [-0.39, 0.29) is 33.4 Å². The number of non-ortho nitro benzene ring substituents is 1. The molecule has 0 fully saturated rings. The van der Waals surface area contributed by atoms with E-state index in [1.54, 1.807) is 0 Å². The van der Waals surface area contributed by atoms with Crippen LogP contribution in [0.2, 0.25) is 10.0 Å². The summed E-state index contributed by atoms with van der Waals surface area (Å²) in [5, 5.41) is 11.1. The third kappa shape index (κ3) is 3.78. The molecule has 2 aromatic carbocycles. The van der Waals surface area contributed by atoms with Crippen LogP contribution < -0.4 is 0 Å². The Morgan fingerprint density at radius 2 is 1.96 bits per heavy atom. The van der Waals surface area contributed by atoms with Gasteiger partial charge in [-0.3, -0.25) is 14.9 Å². The number of hydrogen-bond donors (Lipinski definition) is 0. The number of nitrogens with zero attached hydrogens (tertiary/aromatic N) is 2.